The molecule has 8 nitrogen and oxygen atoms in total. The summed E-state index contributed by atoms with van der Waals surface area (Å²) in [6.45, 7) is 1.85. The summed E-state index contributed by atoms with van der Waals surface area (Å²) in [5.74, 6) is 1.59. The van der Waals surface area contributed by atoms with E-state index in [9.17, 15) is 9.59 Å². The predicted octanol–water partition coefficient (Wildman–Crippen LogP) is 2.80. The number of carbonyl (C=O) groups excluding carboxylic acids is 1. The molecule has 1 saturated carbocycles. The summed E-state index contributed by atoms with van der Waals surface area (Å²) in [6, 6.07) is 8.70. The molecule has 1 aliphatic rings. The summed E-state index contributed by atoms with van der Waals surface area (Å²) in [5.41, 5.74) is 2.72. The molecule has 2 heterocycles. The van der Waals surface area contributed by atoms with Gasteiger partial charge in [0.15, 0.2) is 0 Å². The first-order chi connectivity index (χ1) is 14.9. The fourth-order valence-corrected chi connectivity index (χ4v) is 3.76. The summed E-state index contributed by atoms with van der Waals surface area (Å²) in [6.07, 6.45) is 5.22. The van der Waals surface area contributed by atoms with Crippen molar-refractivity contribution in [1.82, 2.24) is 25.1 Å². The lowest BCUT2D eigenvalue weighted by molar-refractivity contribution is 0.0935. The van der Waals surface area contributed by atoms with Gasteiger partial charge in [0.05, 0.1) is 30.6 Å². The lowest BCUT2D eigenvalue weighted by Crippen LogP contribution is -2.31. The summed E-state index contributed by atoms with van der Waals surface area (Å²) < 4.78 is 6.92. The van der Waals surface area contributed by atoms with Gasteiger partial charge in [-0.1, -0.05) is 18.6 Å². The van der Waals surface area contributed by atoms with E-state index < -0.39 is 0 Å². The van der Waals surface area contributed by atoms with Crippen LogP contribution in [-0.2, 0) is 13.5 Å². The Morgan fingerprint density at radius 1 is 1.32 bits per heavy atom. The largest absolute Gasteiger partial charge is 0.497 e. The van der Waals surface area contributed by atoms with Crippen molar-refractivity contribution in [2.24, 2.45) is 7.05 Å². The number of hydrogen-bond donors (Lipinski definition) is 2. The van der Waals surface area contributed by atoms with E-state index >= 15 is 0 Å². The van der Waals surface area contributed by atoms with Crippen LogP contribution in [0.2, 0.25) is 0 Å². The highest BCUT2D eigenvalue weighted by Crippen LogP contribution is 2.34. The zero-order valence-electron chi connectivity index (χ0n) is 18.0. The highest BCUT2D eigenvalue weighted by molar-refractivity contribution is 5.95. The first kappa shape index (κ1) is 20.8. The van der Waals surface area contributed by atoms with Crippen molar-refractivity contribution in [3.8, 4) is 5.75 Å². The molecule has 31 heavy (non-hydrogen) atoms. The van der Waals surface area contributed by atoms with E-state index in [0.717, 1.165) is 42.1 Å². The van der Waals surface area contributed by atoms with Crippen LogP contribution in [0.1, 0.15) is 64.4 Å². The first-order valence-electron chi connectivity index (χ1n) is 10.5. The standard InChI is InChI=1S/C23H27N5O3/c1-14-19(13-24-28(14)2)23(30)26-20(15-7-9-18(31-3)10-8-15)11-17-12-21(29)27-22(25-17)16-5-4-6-16/h7-10,12-13,16,20H,4-6,11H2,1-3H3,(H,26,30)(H,25,27,29). The van der Waals surface area contributed by atoms with Gasteiger partial charge in [0.1, 0.15) is 11.6 Å². The minimum atomic E-state index is -0.360. The number of H-pyrrole nitrogens is 1. The van der Waals surface area contributed by atoms with E-state index in [4.69, 9.17) is 9.72 Å². The maximum atomic E-state index is 13.0. The third-order valence-corrected chi connectivity index (χ3v) is 6.02. The number of ether oxygens (including phenoxy) is 1. The number of nitrogens with zero attached hydrogens (tertiary/aromatic N) is 3. The van der Waals surface area contributed by atoms with Crippen molar-refractivity contribution in [1.29, 1.82) is 0 Å². The molecule has 0 bridgehead atoms. The molecule has 1 aliphatic carbocycles. The average molecular weight is 422 g/mol. The molecular weight excluding hydrogens is 394 g/mol. The molecule has 0 radical (unpaired) electrons. The van der Waals surface area contributed by atoms with Crippen molar-refractivity contribution in [3.05, 3.63) is 75.2 Å². The average Bonchev–Trinajstić information content (AvgIpc) is 3.04. The number of methoxy groups -OCH3 is 1. The van der Waals surface area contributed by atoms with Gasteiger partial charge >= 0.3 is 0 Å². The van der Waals surface area contributed by atoms with E-state index in [1.54, 1.807) is 25.0 Å². The van der Waals surface area contributed by atoms with E-state index in [2.05, 4.69) is 15.4 Å². The fraction of sp³-hybridized carbons (Fsp3) is 0.391. The maximum absolute atomic E-state index is 13.0. The molecular formula is C23H27N5O3. The number of rotatable bonds is 7. The molecule has 1 atom stereocenters. The number of carbonyl (C=O) groups is 1. The van der Waals surface area contributed by atoms with Gasteiger partial charge in [0.25, 0.3) is 11.5 Å². The predicted molar refractivity (Wildman–Crippen MR) is 116 cm³/mol. The van der Waals surface area contributed by atoms with Crippen molar-refractivity contribution < 1.29 is 9.53 Å². The molecule has 1 fully saturated rings. The van der Waals surface area contributed by atoms with Gasteiger partial charge in [0.2, 0.25) is 0 Å². The minimum absolute atomic E-state index is 0.158. The van der Waals surface area contributed by atoms with E-state index in [-0.39, 0.29) is 17.5 Å². The van der Waals surface area contributed by atoms with Crippen LogP contribution >= 0.6 is 0 Å². The van der Waals surface area contributed by atoms with Crippen LogP contribution in [-0.4, -0.2) is 32.8 Å². The first-order valence-corrected chi connectivity index (χ1v) is 10.5. The smallest absolute Gasteiger partial charge is 0.255 e. The molecule has 162 valence electrons. The van der Waals surface area contributed by atoms with Crippen LogP contribution in [0.3, 0.4) is 0 Å². The summed E-state index contributed by atoms with van der Waals surface area (Å²) >= 11 is 0. The zero-order valence-corrected chi connectivity index (χ0v) is 18.0. The molecule has 2 N–H and O–H groups in total. The number of amides is 1. The second-order valence-corrected chi connectivity index (χ2v) is 8.02. The number of aromatic nitrogens is 4. The van der Waals surface area contributed by atoms with Gasteiger partial charge in [-0.3, -0.25) is 14.3 Å². The zero-order chi connectivity index (χ0) is 22.0. The summed E-state index contributed by atoms with van der Waals surface area (Å²) in [7, 11) is 3.41. The van der Waals surface area contributed by atoms with Crippen molar-refractivity contribution in [3.63, 3.8) is 0 Å². The lowest BCUT2D eigenvalue weighted by atomic mass is 9.85. The Hall–Kier alpha value is -3.42. The highest BCUT2D eigenvalue weighted by atomic mass is 16.5. The number of hydrogen-bond acceptors (Lipinski definition) is 5. The minimum Gasteiger partial charge on any atom is -0.497 e. The molecule has 0 saturated heterocycles. The van der Waals surface area contributed by atoms with Gasteiger partial charge in [0, 0.05) is 31.1 Å². The number of nitrogens with one attached hydrogen (secondary N) is 2. The second kappa shape index (κ2) is 8.75. The van der Waals surface area contributed by atoms with Crippen molar-refractivity contribution >= 4 is 5.91 Å². The highest BCUT2D eigenvalue weighted by Gasteiger charge is 2.24. The fourth-order valence-electron chi connectivity index (χ4n) is 3.76. The molecule has 0 aliphatic heterocycles. The van der Waals surface area contributed by atoms with E-state index in [1.165, 1.54) is 6.07 Å². The van der Waals surface area contributed by atoms with Crippen LogP contribution in [0, 0.1) is 6.92 Å². The van der Waals surface area contributed by atoms with E-state index in [1.807, 2.05) is 31.2 Å². The molecule has 4 rings (SSSR count). The Labute approximate surface area is 180 Å². The van der Waals surface area contributed by atoms with Crippen LogP contribution < -0.4 is 15.6 Å². The van der Waals surface area contributed by atoms with Gasteiger partial charge in [-0.25, -0.2) is 4.98 Å². The van der Waals surface area contributed by atoms with Gasteiger partial charge in [-0.2, -0.15) is 5.10 Å². The number of benzene rings is 1. The van der Waals surface area contributed by atoms with Crippen molar-refractivity contribution in [2.75, 3.05) is 7.11 Å². The number of aryl methyl sites for hydroxylation is 1. The number of aromatic amines is 1. The van der Waals surface area contributed by atoms with Crippen LogP contribution in [0.4, 0.5) is 0 Å². The van der Waals surface area contributed by atoms with Crippen LogP contribution in [0.15, 0.2) is 41.3 Å². The van der Waals surface area contributed by atoms with Crippen molar-refractivity contribution in [2.45, 2.75) is 44.6 Å². The molecule has 1 aromatic carbocycles. The molecule has 8 heteroatoms. The van der Waals surface area contributed by atoms with Crippen LogP contribution in [0.25, 0.3) is 0 Å². The second-order valence-electron chi connectivity index (χ2n) is 8.02. The van der Waals surface area contributed by atoms with Gasteiger partial charge in [-0.15, -0.1) is 0 Å². The third-order valence-electron chi connectivity index (χ3n) is 6.02. The van der Waals surface area contributed by atoms with Crippen LogP contribution in [0.5, 0.6) is 5.75 Å². The maximum Gasteiger partial charge on any atom is 0.255 e. The third kappa shape index (κ3) is 4.52. The molecule has 3 aromatic rings. The molecule has 0 spiro atoms. The van der Waals surface area contributed by atoms with E-state index in [0.29, 0.717) is 23.6 Å². The Morgan fingerprint density at radius 2 is 2.06 bits per heavy atom. The quantitative estimate of drug-likeness (QED) is 0.611. The van der Waals surface area contributed by atoms with Gasteiger partial charge in [-0.05, 0) is 37.5 Å². The molecule has 1 unspecified atom stereocenters. The Morgan fingerprint density at radius 3 is 2.65 bits per heavy atom. The van der Waals surface area contributed by atoms with Gasteiger partial charge < -0.3 is 15.0 Å². The normalized spacial score (nSPS) is 14.7. The molecule has 1 amide bonds. The molecule has 2 aromatic heterocycles. The monoisotopic (exact) mass is 421 g/mol. The Kier molecular flexibility index (Phi) is 5.88. The summed E-state index contributed by atoms with van der Waals surface area (Å²) in [5, 5.41) is 7.26. The lowest BCUT2D eigenvalue weighted by Gasteiger charge is -2.25. The SMILES string of the molecule is COc1ccc(C(Cc2cc(=O)[nH]c(C3CCC3)n2)NC(=O)c2cnn(C)c2C)cc1. The topological polar surface area (TPSA) is 102 Å². The Bertz CT molecular complexity index is 1130. The Balaban J connectivity index is 1.63. The summed E-state index contributed by atoms with van der Waals surface area (Å²) in [4.78, 5) is 32.8.